The number of para-hydroxylation sites is 1. The number of ether oxygens (including phenoxy) is 1. The monoisotopic (exact) mass is 293 g/mol. The van der Waals surface area contributed by atoms with Crippen LogP contribution in [0.3, 0.4) is 0 Å². The highest BCUT2D eigenvalue weighted by Gasteiger charge is 2.16. The van der Waals surface area contributed by atoms with Crippen LogP contribution in [0.15, 0.2) is 35.9 Å². The van der Waals surface area contributed by atoms with Gasteiger partial charge in [0.1, 0.15) is 5.75 Å². The molecule has 0 radical (unpaired) electrons. The summed E-state index contributed by atoms with van der Waals surface area (Å²) < 4.78 is 5.58. The smallest absolute Gasteiger partial charge is 0.261 e. The third-order valence-corrected chi connectivity index (χ3v) is 3.70. The molecule has 1 amide bonds. The standard InChI is InChI=1S/C16H20ClNO2/c1-12(20-15-10-6-5-9-14(15)17)16(19)18-11-13-7-3-2-4-8-13/h5-7,9-10,12H,2-4,8,11H2,1H3,(H,18,19)/t12-/m1/s1. The molecule has 3 nitrogen and oxygen atoms in total. The molecule has 0 bridgehead atoms. The maximum atomic E-state index is 12.0. The van der Waals surface area contributed by atoms with E-state index in [1.165, 1.54) is 18.4 Å². The van der Waals surface area contributed by atoms with Gasteiger partial charge in [-0.25, -0.2) is 0 Å². The summed E-state index contributed by atoms with van der Waals surface area (Å²) in [5.74, 6) is 0.421. The van der Waals surface area contributed by atoms with Gasteiger partial charge in [-0.15, -0.1) is 0 Å². The van der Waals surface area contributed by atoms with Crippen molar-refractivity contribution in [3.63, 3.8) is 0 Å². The number of amides is 1. The van der Waals surface area contributed by atoms with Crippen molar-refractivity contribution in [3.05, 3.63) is 40.9 Å². The lowest BCUT2D eigenvalue weighted by Crippen LogP contribution is -2.37. The number of nitrogens with one attached hydrogen (secondary N) is 1. The molecule has 0 saturated heterocycles. The summed E-state index contributed by atoms with van der Waals surface area (Å²) in [6.45, 7) is 2.35. The SMILES string of the molecule is C[C@@H](Oc1ccccc1Cl)C(=O)NCC1=CCCCC1. The molecule has 1 aromatic rings. The molecule has 1 aliphatic rings. The van der Waals surface area contributed by atoms with Crippen LogP contribution in [0.25, 0.3) is 0 Å². The van der Waals surface area contributed by atoms with E-state index in [4.69, 9.17) is 16.3 Å². The van der Waals surface area contributed by atoms with E-state index in [1.54, 1.807) is 19.1 Å². The van der Waals surface area contributed by atoms with E-state index in [2.05, 4.69) is 11.4 Å². The Morgan fingerprint density at radius 1 is 1.40 bits per heavy atom. The van der Waals surface area contributed by atoms with Gasteiger partial charge in [0, 0.05) is 6.54 Å². The van der Waals surface area contributed by atoms with Crippen LogP contribution in [-0.4, -0.2) is 18.6 Å². The van der Waals surface area contributed by atoms with Gasteiger partial charge in [-0.1, -0.05) is 35.4 Å². The molecule has 20 heavy (non-hydrogen) atoms. The number of hydrogen-bond acceptors (Lipinski definition) is 2. The lowest BCUT2D eigenvalue weighted by Gasteiger charge is -2.17. The molecule has 4 heteroatoms. The molecule has 0 fully saturated rings. The summed E-state index contributed by atoms with van der Waals surface area (Å²) in [4.78, 5) is 12.0. The van der Waals surface area contributed by atoms with Crippen LogP contribution in [0.2, 0.25) is 5.02 Å². The van der Waals surface area contributed by atoms with Crippen molar-refractivity contribution >= 4 is 17.5 Å². The molecular formula is C16H20ClNO2. The number of allylic oxidation sites excluding steroid dienone is 1. The van der Waals surface area contributed by atoms with Crippen LogP contribution in [-0.2, 0) is 4.79 Å². The number of carbonyl (C=O) groups excluding carboxylic acids is 1. The summed E-state index contributed by atoms with van der Waals surface area (Å²) in [7, 11) is 0. The first-order valence-electron chi connectivity index (χ1n) is 7.03. The summed E-state index contributed by atoms with van der Waals surface area (Å²) in [6.07, 6.45) is 6.34. The van der Waals surface area contributed by atoms with Gasteiger partial charge in [0.15, 0.2) is 6.10 Å². The zero-order valence-electron chi connectivity index (χ0n) is 11.7. The van der Waals surface area contributed by atoms with Gasteiger partial charge in [-0.2, -0.15) is 0 Å². The van der Waals surface area contributed by atoms with Gasteiger partial charge in [-0.3, -0.25) is 4.79 Å². The second-order valence-electron chi connectivity index (χ2n) is 5.02. The first-order valence-corrected chi connectivity index (χ1v) is 7.41. The molecule has 0 unspecified atom stereocenters. The molecule has 1 N–H and O–H groups in total. The molecule has 0 spiro atoms. The first kappa shape index (κ1) is 14.9. The molecule has 1 aliphatic carbocycles. The van der Waals surface area contributed by atoms with Crippen LogP contribution in [0.1, 0.15) is 32.6 Å². The Balaban J connectivity index is 1.83. The Kier molecular flexibility index (Phi) is 5.48. The van der Waals surface area contributed by atoms with E-state index in [9.17, 15) is 4.79 Å². The van der Waals surface area contributed by atoms with Crippen LogP contribution >= 0.6 is 11.6 Å². The van der Waals surface area contributed by atoms with E-state index in [0.717, 1.165) is 12.8 Å². The zero-order valence-corrected chi connectivity index (χ0v) is 12.5. The minimum Gasteiger partial charge on any atom is -0.479 e. The molecule has 0 aliphatic heterocycles. The van der Waals surface area contributed by atoms with Crippen LogP contribution < -0.4 is 10.1 Å². The number of rotatable bonds is 5. The minimum absolute atomic E-state index is 0.114. The number of halogens is 1. The minimum atomic E-state index is -0.556. The van der Waals surface area contributed by atoms with Crippen LogP contribution in [0, 0.1) is 0 Å². The van der Waals surface area contributed by atoms with Gasteiger partial charge >= 0.3 is 0 Å². The third-order valence-electron chi connectivity index (χ3n) is 3.38. The fraction of sp³-hybridized carbons (Fsp3) is 0.438. The third kappa shape index (κ3) is 4.27. The van der Waals surface area contributed by atoms with Crippen molar-refractivity contribution < 1.29 is 9.53 Å². The highest BCUT2D eigenvalue weighted by Crippen LogP contribution is 2.24. The van der Waals surface area contributed by atoms with Crippen molar-refractivity contribution in [3.8, 4) is 5.75 Å². The molecule has 0 saturated carbocycles. The van der Waals surface area contributed by atoms with E-state index in [0.29, 0.717) is 17.3 Å². The van der Waals surface area contributed by atoms with Gasteiger partial charge in [0.05, 0.1) is 5.02 Å². The first-order chi connectivity index (χ1) is 9.66. The predicted octanol–water partition coefficient (Wildman–Crippen LogP) is 3.72. The Hall–Kier alpha value is -1.48. The second kappa shape index (κ2) is 7.34. The van der Waals surface area contributed by atoms with Crippen molar-refractivity contribution in [1.29, 1.82) is 0 Å². The van der Waals surface area contributed by atoms with E-state index in [1.807, 2.05) is 12.1 Å². The Morgan fingerprint density at radius 2 is 2.20 bits per heavy atom. The zero-order chi connectivity index (χ0) is 14.4. The van der Waals surface area contributed by atoms with Crippen molar-refractivity contribution in [2.75, 3.05) is 6.54 Å². The molecule has 2 rings (SSSR count). The fourth-order valence-electron chi connectivity index (χ4n) is 2.19. The molecule has 1 aromatic carbocycles. The van der Waals surface area contributed by atoms with Crippen molar-refractivity contribution in [2.24, 2.45) is 0 Å². The fourth-order valence-corrected chi connectivity index (χ4v) is 2.37. The van der Waals surface area contributed by atoms with Gasteiger partial charge in [0.25, 0.3) is 5.91 Å². The Morgan fingerprint density at radius 3 is 2.90 bits per heavy atom. The average Bonchev–Trinajstić information content (AvgIpc) is 2.48. The number of benzene rings is 1. The maximum Gasteiger partial charge on any atom is 0.261 e. The average molecular weight is 294 g/mol. The lowest BCUT2D eigenvalue weighted by atomic mass is 10.00. The van der Waals surface area contributed by atoms with Crippen LogP contribution in [0.5, 0.6) is 5.75 Å². The van der Waals surface area contributed by atoms with Gasteiger partial charge < -0.3 is 10.1 Å². The molecule has 0 heterocycles. The highest BCUT2D eigenvalue weighted by atomic mass is 35.5. The molecular weight excluding hydrogens is 274 g/mol. The quantitative estimate of drug-likeness (QED) is 0.840. The van der Waals surface area contributed by atoms with E-state index < -0.39 is 6.10 Å². The lowest BCUT2D eigenvalue weighted by molar-refractivity contribution is -0.127. The summed E-state index contributed by atoms with van der Waals surface area (Å²) in [5, 5.41) is 3.43. The summed E-state index contributed by atoms with van der Waals surface area (Å²) >= 11 is 6.01. The van der Waals surface area contributed by atoms with E-state index in [-0.39, 0.29) is 5.91 Å². The van der Waals surface area contributed by atoms with Crippen LogP contribution in [0.4, 0.5) is 0 Å². The maximum absolute atomic E-state index is 12.0. The topological polar surface area (TPSA) is 38.3 Å². The molecule has 0 aromatic heterocycles. The summed E-state index contributed by atoms with van der Waals surface area (Å²) in [5.41, 5.74) is 1.31. The highest BCUT2D eigenvalue weighted by molar-refractivity contribution is 6.32. The number of hydrogen-bond donors (Lipinski definition) is 1. The van der Waals surface area contributed by atoms with E-state index >= 15 is 0 Å². The van der Waals surface area contributed by atoms with Gasteiger partial charge in [-0.05, 0) is 44.7 Å². The largest absolute Gasteiger partial charge is 0.479 e. The normalized spacial score (nSPS) is 16.2. The Labute approximate surface area is 125 Å². The van der Waals surface area contributed by atoms with Crippen molar-refractivity contribution in [1.82, 2.24) is 5.32 Å². The van der Waals surface area contributed by atoms with Gasteiger partial charge in [0.2, 0.25) is 0 Å². The molecule has 1 atom stereocenters. The second-order valence-corrected chi connectivity index (χ2v) is 5.42. The van der Waals surface area contributed by atoms with Crippen molar-refractivity contribution in [2.45, 2.75) is 38.7 Å². The molecule has 108 valence electrons. The predicted molar refractivity (Wildman–Crippen MR) is 81.1 cm³/mol. The summed E-state index contributed by atoms with van der Waals surface area (Å²) in [6, 6.07) is 7.16. The number of carbonyl (C=O) groups is 1. The Bertz CT molecular complexity index is 499.